The maximum Gasteiger partial charge on any atom is 0.416 e. The Kier molecular flexibility index (Phi) is 8.18. The molecule has 1 fully saturated rings. The van der Waals surface area contributed by atoms with Crippen LogP contribution in [0.15, 0.2) is 29.3 Å². The number of benzene rings is 1. The smallest absolute Gasteiger partial charge is 0.379 e. The Bertz CT molecular complexity index is 573. The first-order chi connectivity index (χ1) is 12.5. The third kappa shape index (κ3) is 7.21. The van der Waals surface area contributed by atoms with Crippen molar-refractivity contribution < 1.29 is 22.6 Å². The molecule has 1 heterocycles. The Labute approximate surface area is 152 Å². The summed E-state index contributed by atoms with van der Waals surface area (Å²) in [5.41, 5.74) is -0.141. The maximum absolute atomic E-state index is 12.8. The van der Waals surface area contributed by atoms with Gasteiger partial charge >= 0.3 is 6.18 Å². The van der Waals surface area contributed by atoms with Gasteiger partial charge < -0.3 is 20.1 Å². The molecule has 8 heteroatoms. The van der Waals surface area contributed by atoms with Gasteiger partial charge in [-0.1, -0.05) is 12.1 Å². The number of guanidine groups is 1. The summed E-state index contributed by atoms with van der Waals surface area (Å²) in [6.07, 6.45) is -2.40. The van der Waals surface area contributed by atoms with Gasteiger partial charge in [0.15, 0.2) is 5.96 Å². The van der Waals surface area contributed by atoms with Crippen LogP contribution in [0.2, 0.25) is 0 Å². The van der Waals surface area contributed by atoms with E-state index in [9.17, 15) is 13.2 Å². The van der Waals surface area contributed by atoms with Crippen LogP contribution in [-0.2, 0) is 22.2 Å². The molecule has 0 amide bonds. The fourth-order valence-corrected chi connectivity index (χ4v) is 2.53. The number of aliphatic imine (C=N–C) groups is 1. The van der Waals surface area contributed by atoms with Crippen LogP contribution in [0.5, 0.6) is 0 Å². The summed E-state index contributed by atoms with van der Waals surface area (Å²) in [5.74, 6) is 0.578. The van der Waals surface area contributed by atoms with Crippen molar-refractivity contribution in [1.29, 1.82) is 0 Å². The van der Waals surface area contributed by atoms with Gasteiger partial charge in [0.05, 0.1) is 24.8 Å². The van der Waals surface area contributed by atoms with E-state index < -0.39 is 11.7 Å². The zero-order valence-corrected chi connectivity index (χ0v) is 14.9. The molecule has 5 nitrogen and oxygen atoms in total. The predicted molar refractivity (Wildman–Crippen MR) is 94.1 cm³/mol. The van der Waals surface area contributed by atoms with Crippen LogP contribution >= 0.6 is 0 Å². The monoisotopic (exact) mass is 373 g/mol. The van der Waals surface area contributed by atoms with Gasteiger partial charge in [0.2, 0.25) is 0 Å². The van der Waals surface area contributed by atoms with Crippen LogP contribution in [0.1, 0.15) is 30.9 Å². The normalized spacial score (nSPS) is 18.2. The average molecular weight is 373 g/mol. The van der Waals surface area contributed by atoms with Gasteiger partial charge in [-0.3, -0.25) is 0 Å². The molecule has 0 radical (unpaired) electrons. The van der Waals surface area contributed by atoms with Crippen LogP contribution in [0, 0.1) is 0 Å². The molecule has 0 bridgehead atoms. The molecule has 0 aromatic heterocycles. The van der Waals surface area contributed by atoms with E-state index in [1.165, 1.54) is 6.07 Å². The first-order valence-electron chi connectivity index (χ1n) is 8.86. The molecule has 0 spiro atoms. The summed E-state index contributed by atoms with van der Waals surface area (Å²) in [7, 11) is 0. The number of alkyl halides is 3. The first kappa shape index (κ1) is 20.5. The lowest BCUT2D eigenvalue weighted by Gasteiger charge is -2.13. The molecular weight excluding hydrogens is 347 g/mol. The molecular formula is C18H26F3N3O2. The van der Waals surface area contributed by atoms with Crippen LogP contribution in [0.3, 0.4) is 0 Å². The lowest BCUT2D eigenvalue weighted by molar-refractivity contribution is -0.137. The van der Waals surface area contributed by atoms with Gasteiger partial charge in [0.1, 0.15) is 0 Å². The Morgan fingerprint density at radius 2 is 2.19 bits per heavy atom. The van der Waals surface area contributed by atoms with Gasteiger partial charge in [-0.2, -0.15) is 13.2 Å². The second-order valence-corrected chi connectivity index (χ2v) is 6.03. The molecule has 1 atom stereocenters. The highest BCUT2D eigenvalue weighted by molar-refractivity contribution is 5.79. The number of nitrogens with zero attached hydrogens (tertiary/aromatic N) is 1. The first-order valence-corrected chi connectivity index (χ1v) is 8.86. The van der Waals surface area contributed by atoms with Crippen molar-refractivity contribution in [3.8, 4) is 0 Å². The lowest BCUT2D eigenvalue weighted by Crippen LogP contribution is -2.38. The van der Waals surface area contributed by atoms with E-state index >= 15 is 0 Å². The summed E-state index contributed by atoms with van der Waals surface area (Å²) in [6.45, 7) is 5.50. The van der Waals surface area contributed by atoms with Crippen molar-refractivity contribution in [3.63, 3.8) is 0 Å². The third-order valence-electron chi connectivity index (χ3n) is 3.87. The summed E-state index contributed by atoms with van der Waals surface area (Å²) in [4.78, 5) is 4.35. The minimum absolute atomic E-state index is 0.176. The standard InChI is InChI=1S/C18H26F3N3O2/c1-2-22-17(23-8-4-9-26-16-7-10-25-13-16)24-12-14-5-3-6-15(11-14)18(19,20)21/h3,5-6,11,16H,2,4,7-10,12-13H2,1H3,(H2,22,23,24). The van der Waals surface area contributed by atoms with Crippen molar-refractivity contribution in [2.24, 2.45) is 4.99 Å². The molecule has 1 aliphatic heterocycles. The fourth-order valence-electron chi connectivity index (χ4n) is 2.53. The van der Waals surface area contributed by atoms with Gasteiger partial charge in [-0.05, 0) is 37.5 Å². The van der Waals surface area contributed by atoms with Crippen molar-refractivity contribution >= 4 is 5.96 Å². The summed E-state index contributed by atoms with van der Waals surface area (Å²) >= 11 is 0. The van der Waals surface area contributed by atoms with Crippen molar-refractivity contribution in [3.05, 3.63) is 35.4 Å². The summed E-state index contributed by atoms with van der Waals surface area (Å²) < 4.78 is 49.2. The number of hydrogen-bond acceptors (Lipinski definition) is 3. The number of hydrogen-bond donors (Lipinski definition) is 2. The molecule has 0 saturated carbocycles. The topological polar surface area (TPSA) is 54.9 Å². The SMILES string of the molecule is CCNC(=NCc1cccc(C(F)(F)F)c1)NCCCOC1CCOC1. The van der Waals surface area contributed by atoms with Crippen LogP contribution in [-0.4, -0.2) is 45.0 Å². The molecule has 1 saturated heterocycles. The Morgan fingerprint density at radius 3 is 2.88 bits per heavy atom. The van der Waals surface area contributed by atoms with Gasteiger partial charge in [0, 0.05) is 26.3 Å². The molecule has 1 unspecified atom stereocenters. The minimum atomic E-state index is -4.34. The second-order valence-electron chi connectivity index (χ2n) is 6.03. The highest BCUT2D eigenvalue weighted by Gasteiger charge is 2.30. The second kappa shape index (κ2) is 10.4. The molecule has 146 valence electrons. The lowest BCUT2D eigenvalue weighted by atomic mass is 10.1. The van der Waals surface area contributed by atoms with Crippen molar-refractivity contribution in [1.82, 2.24) is 10.6 Å². The van der Waals surface area contributed by atoms with Gasteiger partial charge in [-0.15, -0.1) is 0 Å². The minimum Gasteiger partial charge on any atom is -0.379 e. The third-order valence-corrected chi connectivity index (χ3v) is 3.87. The predicted octanol–water partition coefficient (Wildman–Crippen LogP) is 2.96. The van der Waals surface area contributed by atoms with E-state index in [-0.39, 0.29) is 12.6 Å². The number of halogens is 3. The highest BCUT2D eigenvalue weighted by atomic mass is 19.4. The molecule has 26 heavy (non-hydrogen) atoms. The van der Waals surface area contributed by atoms with E-state index in [1.807, 2.05) is 6.92 Å². The maximum atomic E-state index is 12.8. The van der Waals surface area contributed by atoms with E-state index in [1.54, 1.807) is 6.07 Å². The zero-order chi connectivity index (χ0) is 18.8. The zero-order valence-electron chi connectivity index (χ0n) is 14.9. The van der Waals surface area contributed by atoms with Crippen LogP contribution < -0.4 is 10.6 Å². The fraction of sp³-hybridized carbons (Fsp3) is 0.611. The number of ether oxygens (including phenoxy) is 2. The Hall–Kier alpha value is -1.80. The van der Waals surface area contributed by atoms with E-state index in [0.717, 1.165) is 31.6 Å². The van der Waals surface area contributed by atoms with Gasteiger partial charge in [-0.25, -0.2) is 4.99 Å². The number of rotatable bonds is 8. The Morgan fingerprint density at radius 1 is 1.35 bits per heavy atom. The summed E-state index contributed by atoms with van der Waals surface area (Å²) in [6, 6.07) is 5.23. The van der Waals surface area contributed by atoms with E-state index in [0.29, 0.717) is 37.8 Å². The highest BCUT2D eigenvalue weighted by Crippen LogP contribution is 2.29. The van der Waals surface area contributed by atoms with E-state index in [4.69, 9.17) is 9.47 Å². The van der Waals surface area contributed by atoms with Gasteiger partial charge in [0.25, 0.3) is 0 Å². The molecule has 1 aliphatic rings. The molecule has 1 aromatic carbocycles. The molecule has 2 rings (SSSR count). The molecule has 1 aromatic rings. The Balaban J connectivity index is 1.78. The van der Waals surface area contributed by atoms with Crippen LogP contribution in [0.25, 0.3) is 0 Å². The van der Waals surface area contributed by atoms with Crippen molar-refractivity contribution in [2.75, 3.05) is 32.9 Å². The van der Waals surface area contributed by atoms with Crippen LogP contribution in [0.4, 0.5) is 13.2 Å². The molecule has 2 N–H and O–H groups in total. The quantitative estimate of drug-likeness (QED) is 0.418. The van der Waals surface area contributed by atoms with E-state index in [2.05, 4.69) is 15.6 Å². The molecule has 0 aliphatic carbocycles. The largest absolute Gasteiger partial charge is 0.416 e. The van der Waals surface area contributed by atoms with Crippen molar-refractivity contribution in [2.45, 2.75) is 38.6 Å². The average Bonchev–Trinajstić information content (AvgIpc) is 3.12. The summed E-state index contributed by atoms with van der Waals surface area (Å²) in [5, 5.41) is 6.25. The number of nitrogens with one attached hydrogen (secondary N) is 2.